The molecule has 1 aromatic carbocycles. The van der Waals surface area contributed by atoms with Crippen LogP contribution >= 0.6 is 7.60 Å². The van der Waals surface area contributed by atoms with Crippen molar-refractivity contribution in [3.05, 3.63) is 24.3 Å². The quantitative estimate of drug-likeness (QED) is 0.433. The topological polar surface area (TPSA) is 63.2 Å². The first-order valence-corrected chi connectivity index (χ1v) is 8.89. The van der Waals surface area contributed by atoms with Crippen molar-refractivity contribution in [2.45, 2.75) is 13.8 Å². The Morgan fingerprint density at radius 3 is 1.77 bits per heavy atom. The highest BCUT2D eigenvalue weighted by Gasteiger charge is 2.27. The van der Waals surface area contributed by atoms with E-state index >= 15 is 0 Å². The third kappa shape index (κ3) is 6.46. The summed E-state index contributed by atoms with van der Waals surface area (Å²) in [6.45, 7) is 6.08. The molecule has 0 spiro atoms. The van der Waals surface area contributed by atoms with Crippen molar-refractivity contribution >= 4 is 12.9 Å². The van der Waals surface area contributed by atoms with E-state index in [9.17, 15) is 4.57 Å². The van der Waals surface area contributed by atoms with Gasteiger partial charge in [-0.05, 0) is 38.1 Å². The zero-order valence-electron chi connectivity index (χ0n) is 13.4. The summed E-state index contributed by atoms with van der Waals surface area (Å²) in [5, 5.41) is 0.487. The molecule has 0 saturated carbocycles. The Hall–Kier alpha value is -0.910. The Morgan fingerprint density at radius 1 is 0.864 bits per heavy atom. The molecular weight excluding hydrogens is 307 g/mol. The normalized spacial score (nSPS) is 11.6. The van der Waals surface area contributed by atoms with Crippen LogP contribution in [0, 0.1) is 0 Å². The maximum Gasteiger partial charge on any atom is 0.361 e. The van der Waals surface area contributed by atoms with E-state index < -0.39 is 7.60 Å². The summed E-state index contributed by atoms with van der Waals surface area (Å²) in [4.78, 5) is 0. The molecule has 0 heterocycles. The molecule has 126 valence electrons. The summed E-state index contributed by atoms with van der Waals surface area (Å²) in [5.74, 6) is 0.680. The molecule has 7 heteroatoms. The number of rotatable bonds is 12. The van der Waals surface area contributed by atoms with Crippen LogP contribution in [0.1, 0.15) is 13.8 Å². The van der Waals surface area contributed by atoms with Crippen LogP contribution in [-0.4, -0.2) is 46.8 Å². The number of hydrogen-bond donors (Lipinski definition) is 0. The van der Waals surface area contributed by atoms with Gasteiger partial charge in [0.05, 0.1) is 38.8 Å². The highest BCUT2D eigenvalue weighted by Crippen LogP contribution is 2.47. The van der Waals surface area contributed by atoms with Crippen LogP contribution < -0.4 is 10.0 Å². The standard InChI is InChI=1S/C15H25O6P/c1-4-18-10-12-20-22(16,21-13-11-19-5-2)15-8-6-14(17-3)7-9-15/h6-9H,4-5,10-13H2,1-3H3. The van der Waals surface area contributed by atoms with Crippen LogP contribution in [0.25, 0.3) is 0 Å². The Bertz CT molecular complexity index is 432. The molecule has 1 rings (SSSR count). The average Bonchev–Trinajstić information content (AvgIpc) is 2.56. The third-order valence-corrected chi connectivity index (χ3v) is 4.75. The van der Waals surface area contributed by atoms with Gasteiger partial charge in [-0.25, -0.2) is 0 Å². The SMILES string of the molecule is CCOCCOP(=O)(OCCOCC)c1ccc(OC)cc1. The molecule has 0 atom stereocenters. The number of methoxy groups -OCH3 is 1. The van der Waals surface area contributed by atoms with Gasteiger partial charge in [0, 0.05) is 13.2 Å². The van der Waals surface area contributed by atoms with Gasteiger partial charge in [0.2, 0.25) is 0 Å². The van der Waals surface area contributed by atoms with Crippen molar-refractivity contribution < 1.29 is 27.8 Å². The lowest BCUT2D eigenvalue weighted by molar-refractivity contribution is 0.0839. The Morgan fingerprint density at radius 2 is 1.36 bits per heavy atom. The molecule has 1 aromatic rings. The van der Waals surface area contributed by atoms with Gasteiger partial charge < -0.3 is 23.3 Å². The minimum atomic E-state index is -3.40. The molecule has 0 saturated heterocycles. The van der Waals surface area contributed by atoms with Crippen molar-refractivity contribution in [3.8, 4) is 5.75 Å². The molecular formula is C15H25O6P. The van der Waals surface area contributed by atoms with Crippen LogP contribution in [-0.2, 0) is 23.1 Å². The first-order valence-electron chi connectivity index (χ1n) is 7.35. The van der Waals surface area contributed by atoms with E-state index in [1.807, 2.05) is 13.8 Å². The van der Waals surface area contributed by atoms with Crippen molar-refractivity contribution in [2.75, 3.05) is 46.8 Å². The maximum atomic E-state index is 12.9. The average molecular weight is 332 g/mol. The van der Waals surface area contributed by atoms with Crippen LogP contribution in [0.4, 0.5) is 0 Å². The predicted octanol–water partition coefficient (Wildman–Crippen LogP) is 2.62. The lowest BCUT2D eigenvalue weighted by Crippen LogP contribution is -2.15. The third-order valence-electron chi connectivity index (χ3n) is 2.77. The molecule has 0 radical (unpaired) electrons. The van der Waals surface area contributed by atoms with Gasteiger partial charge in [0.1, 0.15) is 5.75 Å². The molecule has 0 amide bonds. The maximum absolute atomic E-state index is 12.9. The zero-order valence-corrected chi connectivity index (χ0v) is 14.3. The van der Waals surface area contributed by atoms with Crippen molar-refractivity contribution in [2.24, 2.45) is 0 Å². The second kappa shape index (κ2) is 10.8. The molecule has 22 heavy (non-hydrogen) atoms. The first kappa shape index (κ1) is 19.1. The molecule has 0 aromatic heterocycles. The van der Waals surface area contributed by atoms with Gasteiger partial charge in [-0.2, -0.15) is 0 Å². The van der Waals surface area contributed by atoms with Gasteiger partial charge in [-0.15, -0.1) is 0 Å². The second-order valence-electron chi connectivity index (χ2n) is 4.26. The largest absolute Gasteiger partial charge is 0.497 e. The summed E-state index contributed by atoms with van der Waals surface area (Å²) >= 11 is 0. The number of ether oxygens (including phenoxy) is 3. The lowest BCUT2D eigenvalue weighted by Gasteiger charge is -2.19. The molecule has 0 unspecified atom stereocenters. The van der Waals surface area contributed by atoms with E-state index in [0.717, 1.165) is 0 Å². The smallest absolute Gasteiger partial charge is 0.361 e. The Kier molecular flexibility index (Phi) is 9.36. The molecule has 0 bridgehead atoms. The van der Waals surface area contributed by atoms with E-state index in [2.05, 4.69) is 0 Å². The number of hydrogen-bond acceptors (Lipinski definition) is 6. The fraction of sp³-hybridized carbons (Fsp3) is 0.600. The monoisotopic (exact) mass is 332 g/mol. The highest BCUT2D eigenvalue weighted by molar-refractivity contribution is 7.62. The summed E-state index contributed by atoms with van der Waals surface area (Å²) < 4.78 is 39.4. The zero-order chi connectivity index (χ0) is 16.3. The van der Waals surface area contributed by atoms with Crippen molar-refractivity contribution in [1.82, 2.24) is 0 Å². The fourth-order valence-corrected chi connectivity index (χ4v) is 3.19. The highest BCUT2D eigenvalue weighted by atomic mass is 31.2. The minimum Gasteiger partial charge on any atom is -0.497 e. The molecule has 0 aliphatic carbocycles. The van der Waals surface area contributed by atoms with Crippen LogP contribution in [0.3, 0.4) is 0 Å². The predicted molar refractivity (Wildman–Crippen MR) is 85.1 cm³/mol. The van der Waals surface area contributed by atoms with E-state index in [0.29, 0.717) is 37.5 Å². The summed E-state index contributed by atoms with van der Waals surface area (Å²) in [6, 6.07) is 6.81. The van der Waals surface area contributed by atoms with E-state index in [4.69, 9.17) is 23.3 Å². The molecule has 0 N–H and O–H groups in total. The van der Waals surface area contributed by atoms with Gasteiger partial charge in [0.25, 0.3) is 0 Å². The first-order chi connectivity index (χ1) is 10.7. The Balaban J connectivity index is 2.72. The van der Waals surface area contributed by atoms with Crippen LogP contribution in [0.5, 0.6) is 5.75 Å². The van der Waals surface area contributed by atoms with Crippen molar-refractivity contribution in [1.29, 1.82) is 0 Å². The van der Waals surface area contributed by atoms with E-state index in [-0.39, 0.29) is 13.2 Å². The van der Waals surface area contributed by atoms with Crippen LogP contribution in [0.2, 0.25) is 0 Å². The minimum absolute atomic E-state index is 0.200. The van der Waals surface area contributed by atoms with Gasteiger partial charge in [-0.3, -0.25) is 4.57 Å². The molecule has 0 aliphatic heterocycles. The van der Waals surface area contributed by atoms with Gasteiger partial charge in [0.15, 0.2) is 0 Å². The van der Waals surface area contributed by atoms with Crippen molar-refractivity contribution in [3.63, 3.8) is 0 Å². The molecule has 0 aliphatic rings. The number of benzene rings is 1. The van der Waals surface area contributed by atoms with E-state index in [1.54, 1.807) is 31.4 Å². The van der Waals surface area contributed by atoms with Gasteiger partial charge >= 0.3 is 7.60 Å². The lowest BCUT2D eigenvalue weighted by atomic mass is 10.3. The fourth-order valence-electron chi connectivity index (χ4n) is 1.67. The molecule has 0 fully saturated rings. The summed E-state index contributed by atoms with van der Waals surface area (Å²) in [7, 11) is -1.82. The van der Waals surface area contributed by atoms with E-state index in [1.165, 1.54) is 0 Å². The summed E-state index contributed by atoms with van der Waals surface area (Å²) in [6.07, 6.45) is 0. The summed E-state index contributed by atoms with van der Waals surface area (Å²) in [5.41, 5.74) is 0. The molecule has 6 nitrogen and oxygen atoms in total. The van der Waals surface area contributed by atoms with Crippen LogP contribution in [0.15, 0.2) is 24.3 Å². The second-order valence-corrected chi connectivity index (χ2v) is 6.28. The Labute approximate surface area is 132 Å². The van der Waals surface area contributed by atoms with Gasteiger partial charge in [-0.1, -0.05) is 0 Å².